The molecular weight excluding hydrogens is 224 g/mol. The SMILES string of the molecule is CCC(C)c1ccc(NC(=O)C2CCCN2)cc1. The average molecular weight is 246 g/mol. The van der Waals surface area contributed by atoms with Crippen LogP contribution < -0.4 is 10.6 Å². The Morgan fingerprint density at radius 3 is 2.72 bits per heavy atom. The third kappa shape index (κ3) is 3.10. The van der Waals surface area contributed by atoms with Crippen LogP contribution in [0.5, 0.6) is 0 Å². The fraction of sp³-hybridized carbons (Fsp3) is 0.533. The lowest BCUT2D eigenvalue weighted by Crippen LogP contribution is -2.35. The molecule has 1 saturated heterocycles. The van der Waals surface area contributed by atoms with Gasteiger partial charge in [-0.15, -0.1) is 0 Å². The quantitative estimate of drug-likeness (QED) is 0.857. The largest absolute Gasteiger partial charge is 0.325 e. The Bertz CT molecular complexity index is 393. The van der Waals surface area contributed by atoms with Gasteiger partial charge in [0.25, 0.3) is 0 Å². The minimum Gasteiger partial charge on any atom is -0.325 e. The highest BCUT2D eigenvalue weighted by atomic mass is 16.2. The van der Waals surface area contributed by atoms with E-state index in [2.05, 4.69) is 36.6 Å². The summed E-state index contributed by atoms with van der Waals surface area (Å²) in [5, 5.41) is 6.17. The van der Waals surface area contributed by atoms with E-state index in [0.29, 0.717) is 5.92 Å². The van der Waals surface area contributed by atoms with Gasteiger partial charge in [-0.05, 0) is 49.4 Å². The van der Waals surface area contributed by atoms with Gasteiger partial charge in [0.1, 0.15) is 0 Å². The summed E-state index contributed by atoms with van der Waals surface area (Å²) in [5.41, 5.74) is 2.22. The molecule has 98 valence electrons. The standard InChI is InChI=1S/C15H22N2O/c1-3-11(2)12-6-8-13(9-7-12)17-15(18)14-5-4-10-16-14/h6-9,11,14,16H,3-5,10H2,1-2H3,(H,17,18). The molecule has 0 aliphatic carbocycles. The Labute approximate surface area is 109 Å². The van der Waals surface area contributed by atoms with Crippen LogP contribution in [0.25, 0.3) is 0 Å². The Kier molecular flexibility index (Phi) is 4.37. The molecule has 2 rings (SSSR count). The molecule has 0 bridgehead atoms. The van der Waals surface area contributed by atoms with Gasteiger partial charge in [-0.1, -0.05) is 26.0 Å². The molecule has 18 heavy (non-hydrogen) atoms. The maximum absolute atomic E-state index is 11.9. The summed E-state index contributed by atoms with van der Waals surface area (Å²) in [5.74, 6) is 0.662. The maximum atomic E-state index is 11.9. The van der Waals surface area contributed by atoms with E-state index in [1.54, 1.807) is 0 Å². The highest BCUT2D eigenvalue weighted by molar-refractivity contribution is 5.95. The monoisotopic (exact) mass is 246 g/mol. The molecule has 2 unspecified atom stereocenters. The van der Waals surface area contributed by atoms with Crippen LogP contribution in [0.15, 0.2) is 24.3 Å². The molecule has 0 saturated carbocycles. The van der Waals surface area contributed by atoms with Crippen LogP contribution in [-0.4, -0.2) is 18.5 Å². The van der Waals surface area contributed by atoms with Crippen molar-refractivity contribution in [2.75, 3.05) is 11.9 Å². The highest BCUT2D eigenvalue weighted by Crippen LogP contribution is 2.20. The van der Waals surface area contributed by atoms with Crippen molar-refractivity contribution in [1.29, 1.82) is 0 Å². The Hall–Kier alpha value is -1.35. The smallest absolute Gasteiger partial charge is 0.241 e. The van der Waals surface area contributed by atoms with Gasteiger partial charge in [-0.25, -0.2) is 0 Å². The molecule has 1 aromatic rings. The van der Waals surface area contributed by atoms with E-state index in [0.717, 1.165) is 31.5 Å². The Balaban J connectivity index is 1.95. The molecule has 1 amide bonds. The van der Waals surface area contributed by atoms with Gasteiger partial charge in [0.2, 0.25) is 5.91 Å². The topological polar surface area (TPSA) is 41.1 Å². The van der Waals surface area contributed by atoms with Crippen molar-refractivity contribution in [3.63, 3.8) is 0 Å². The molecule has 1 heterocycles. The summed E-state index contributed by atoms with van der Waals surface area (Å²) in [7, 11) is 0. The summed E-state index contributed by atoms with van der Waals surface area (Å²) in [4.78, 5) is 11.9. The molecule has 1 fully saturated rings. The molecule has 0 spiro atoms. The molecule has 1 aromatic carbocycles. The number of hydrogen-bond acceptors (Lipinski definition) is 2. The van der Waals surface area contributed by atoms with E-state index in [1.807, 2.05) is 12.1 Å². The molecule has 2 N–H and O–H groups in total. The molecular formula is C15H22N2O. The van der Waals surface area contributed by atoms with Crippen LogP contribution in [0.1, 0.15) is 44.6 Å². The van der Waals surface area contributed by atoms with Gasteiger partial charge in [-0.3, -0.25) is 4.79 Å². The number of anilines is 1. The van der Waals surface area contributed by atoms with Crippen LogP contribution in [0, 0.1) is 0 Å². The number of carbonyl (C=O) groups is 1. The first-order valence-electron chi connectivity index (χ1n) is 6.85. The van der Waals surface area contributed by atoms with Gasteiger partial charge in [0, 0.05) is 5.69 Å². The molecule has 0 radical (unpaired) electrons. The fourth-order valence-corrected chi connectivity index (χ4v) is 2.27. The summed E-state index contributed by atoms with van der Waals surface area (Å²) in [6, 6.07) is 8.18. The van der Waals surface area contributed by atoms with Crippen LogP contribution in [0.2, 0.25) is 0 Å². The number of benzene rings is 1. The molecule has 1 aliphatic heterocycles. The van der Waals surface area contributed by atoms with Crippen molar-refractivity contribution in [2.45, 2.75) is 45.1 Å². The van der Waals surface area contributed by atoms with E-state index in [9.17, 15) is 4.79 Å². The molecule has 0 aromatic heterocycles. The van der Waals surface area contributed by atoms with E-state index < -0.39 is 0 Å². The van der Waals surface area contributed by atoms with Gasteiger partial charge < -0.3 is 10.6 Å². The van der Waals surface area contributed by atoms with Crippen LogP contribution in [0.4, 0.5) is 5.69 Å². The fourth-order valence-electron chi connectivity index (χ4n) is 2.27. The summed E-state index contributed by atoms with van der Waals surface area (Å²) in [6.45, 7) is 5.35. The lowest BCUT2D eigenvalue weighted by molar-refractivity contribution is -0.117. The van der Waals surface area contributed by atoms with Gasteiger partial charge in [0.15, 0.2) is 0 Å². The summed E-state index contributed by atoms with van der Waals surface area (Å²) < 4.78 is 0. The second kappa shape index (κ2) is 6.01. The van der Waals surface area contributed by atoms with Gasteiger partial charge >= 0.3 is 0 Å². The first-order valence-corrected chi connectivity index (χ1v) is 6.85. The Morgan fingerprint density at radius 2 is 2.17 bits per heavy atom. The van der Waals surface area contributed by atoms with Crippen molar-refractivity contribution in [3.05, 3.63) is 29.8 Å². The van der Waals surface area contributed by atoms with Crippen molar-refractivity contribution >= 4 is 11.6 Å². The van der Waals surface area contributed by atoms with Crippen LogP contribution >= 0.6 is 0 Å². The zero-order valence-corrected chi connectivity index (χ0v) is 11.2. The zero-order valence-electron chi connectivity index (χ0n) is 11.2. The Morgan fingerprint density at radius 1 is 1.44 bits per heavy atom. The normalized spacial score (nSPS) is 20.7. The number of rotatable bonds is 4. The summed E-state index contributed by atoms with van der Waals surface area (Å²) in [6.07, 6.45) is 3.17. The molecule has 2 atom stereocenters. The minimum atomic E-state index is -0.0146. The van der Waals surface area contributed by atoms with Crippen molar-refractivity contribution in [1.82, 2.24) is 5.32 Å². The number of amides is 1. The lowest BCUT2D eigenvalue weighted by Gasteiger charge is -2.13. The average Bonchev–Trinajstić information content (AvgIpc) is 2.92. The van der Waals surface area contributed by atoms with Crippen molar-refractivity contribution in [2.24, 2.45) is 0 Å². The third-order valence-corrected chi connectivity index (χ3v) is 3.74. The molecule has 3 heteroatoms. The predicted octanol–water partition coefficient (Wildman–Crippen LogP) is 2.89. The first-order chi connectivity index (χ1) is 8.70. The van der Waals surface area contributed by atoms with Crippen molar-refractivity contribution in [3.8, 4) is 0 Å². The zero-order chi connectivity index (χ0) is 13.0. The third-order valence-electron chi connectivity index (χ3n) is 3.74. The van der Waals surface area contributed by atoms with Crippen molar-refractivity contribution < 1.29 is 4.79 Å². The van der Waals surface area contributed by atoms with E-state index >= 15 is 0 Å². The number of hydrogen-bond donors (Lipinski definition) is 2. The maximum Gasteiger partial charge on any atom is 0.241 e. The molecule has 3 nitrogen and oxygen atoms in total. The van der Waals surface area contributed by atoms with E-state index in [-0.39, 0.29) is 11.9 Å². The van der Waals surface area contributed by atoms with Gasteiger partial charge in [0.05, 0.1) is 6.04 Å². The van der Waals surface area contributed by atoms with Crippen LogP contribution in [-0.2, 0) is 4.79 Å². The van der Waals surface area contributed by atoms with Gasteiger partial charge in [-0.2, -0.15) is 0 Å². The lowest BCUT2D eigenvalue weighted by atomic mass is 9.98. The second-order valence-electron chi connectivity index (χ2n) is 5.07. The highest BCUT2D eigenvalue weighted by Gasteiger charge is 2.21. The van der Waals surface area contributed by atoms with Crippen LogP contribution in [0.3, 0.4) is 0 Å². The van der Waals surface area contributed by atoms with E-state index in [1.165, 1.54) is 5.56 Å². The predicted molar refractivity (Wildman–Crippen MR) is 74.8 cm³/mol. The number of carbonyl (C=O) groups excluding carboxylic acids is 1. The number of nitrogens with one attached hydrogen (secondary N) is 2. The summed E-state index contributed by atoms with van der Waals surface area (Å²) >= 11 is 0. The molecule has 1 aliphatic rings. The second-order valence-corrected chi connectivity index (χ2v) is 5.07. The van der Waals surface area contributed by atoms with E-state index in [4.69, 9.17) is 0 Å². The first kappa shape index (κ1) is 13.1. The minimum absolute atomic E-state index is 0.0146.